The summed E-state index contributed by atoms with van der Waals surface area (Å²) >= 11 is 0. The van der Waals surface area contributed by atoms with E-state index in [9.17, 15) is 14.4 Å². The topological polar surface area (TPSA) is 124 Å². The van der Waals surface area contributed by atoms with Crippen LogP contribution < -0.4 is 26.6 Å². The van der Waals surface area contributed by atoms with E-state index in [2.05, 4.69) is 21.2 Å². The second-order valence-electron chi connectivity index (χ2n) is 8.70. The van der Waals surface area contributed by atoms with E-state index in [1.165, 1.54) is 7.11 Å². The lowest BCUT2D eigenvalue weighted by Gasteiger charge is -2.32. The van der Waals surface area contributed by atoms with E-state index < -0.39 is 23.5 Å². The Labute approximate surface area is 220 Å². The van der Waals surface area contributed by atoms with E-state index in [0.717, 1.165) is 5.56 Å². The first-order valence-electron chi connectivity index (χ1n) is 12.4. The number of hydrazine groups is 1. The van der Waals surface area contributed by atoms with Crippen molar-refractivity contribution in [3.8, 4) is 5.75 Å². The van der Waals surface area contributed by atoms with Gasteiger partial charge in [-0.25, -0.2) is 9.59 Å². The van der Waals surface area contributed by atoms with Crippen LogP contribution in [-0.4, -0.2) is 35.1 Å². The first-order chi connectivity index (χ1) is 18.4. The summed E-state index contributed by atoms with van der Waals surface area (Å²) < 4.78 is 12.2. The van der Waals surface area contributed by atoms with Crippen LogP contribution in [0.3, 0.4) is 0 Å². The van der Waals surface area contributed by atoms with Crippen molar-refractivity contribution in [1.29, 1.82) is 0 Å². The number of methoxy groups -OCH3 is 1. The Balaban J connectivity index is 1.85. The Morgan fingerprint density at radius 1 is 1.11 bits per heavy atom. The van der Waals surface area contributed by atoms with Crippen molar-refractivity contribution in [2.24, 2.45) is 0 Å². The minimum Gasteiger partial charge on any atom is -0.497 e. The standard InChI is InChI=1S/C28H31N5O5/c1-5-15-33-25-23(22(18-11-8-7-9-12-18)21(17(3)29-25)27(35)38-6-2)24(30-28(33)36)31-32-26(34)19-13-10-14-20(16-19)37-4/h7-14,16,22,29H,5-6,15H2,1-4H3,(H,32,34)(H,30,31,36). The van der Waals surface area contributed by atoms with Crippen LogP contribution in [0.5, 0.6) is 5.75 Å². The summed E-state index contributed by atoms with van der Waals surface area (Å²) in [6.45, 7) is 6.12. The summed E-state index contributed by atoms with van der Waals surface area (Å²) in [6.07, 6.45) is 0.693. The van der Waals surface area contributed by atoms with Gasteiger partial charge in [0.1, 0.15) is 11.6 Å². The van der Waals surface area contributed by atoms with Crippen LogP contribution in [-0.2, 0) is 16.1 Å². The van der Waals surface area contributed by atoms with Gasteiger partial charge in [0.15, 0.2) is 5.82 Å². The molecule has 2 aromatic carbocycles. The molecule has 10 nitrogen and oxygen atoms in total. The Morgan fingerprint density at radius 3 is 2.55 bits per heavy atom. The molecule has 2 heterocycles. The summed E-state index contributed by atoms with van der Waals surface area (Å²) in [7, 11) is 1.52. The fraction of sp³-hybridized carbons (Fsp3) is 0.286. The Bertz CT molecular complexity index is 1430. The van der Waals surface area contributed by atoms with Gasteiger partial charge in [-0.05, 0) is 44.0 Å². The predicted molar refractivity (Wildman–Crippen MR) is 144 cm³/mol. The average molecular weight is 518 g/mol. The number of hydrogen-bond acceptors (Lipinski definition) is 8. The average Bonchev–Trinajstić information content (AvgIpc) is 2.93. The van der Waals surface area contributed by atoms with E-state index in [-0.39, 0.29) is 12.4 Å². The highest BCUT2D eigenvalue weighted by Crippen LogP contribution is 2.44. The van der Waals surface area contributed by atoms with Crippen molar-refractivity contribution in [2.75, 3.05) is 24.5 Å². The molecule has 3 aromatic rings. The molecular weight excluding hydrogens is 486 g/mol. The SMILES string of the molecule is CCCn1c2c(c(NNC(=O)c3cccc(OC)c3)nc1=O)C(c1ccccc1)C(C(=O)OCC)=C(C)N2. The molecule has 10 heteroatoms. The molecule has 0 fully saturated rings. The zero-order valence-corrected chi connectivity index (χ0v) is 21.8. The van der Waals surface area contributed by atoms with Crippen molar-refractivity contribution in [1.82, 2.24) is 15.0 Å². The predicted octanol–water partition coefficient (Wildman–Crippen LogP) is 3.81. The van der Waals surface area contributed by atoms with E-state index in [1.807, 2.05) is 37.3 Å². The maximum absolute atomic E-state index is 13.2. The zero-order chi connectivity index (χ0) is 27.2. The van der Waals surface area contributed by atoms with Gasteiger partial charge in [-0.3, -0.25) is 20.2 Å². The third-order valence-corrected chi connectivity index (χ3v) is 6.21. The molecule has 4 rings (SSSR count). The molecule has 1 amide bonds. The number of carbonyl (C=O) groups excluding carboxylic acids is 2. The maximum atomic E-state index is 13.2. The monoisotopic (exact) mass is 517 g/mol. The van der Waals surface area contributed by atoms with Crippen LogP contribution in [0.2, 0.25) is 0 Å². The number of nitrogens with zero attached hydrogens (tertiary/aromatic N) is 2. The second-order valence-corrected chi connectivity index (χ2v) is 8.70. The highest BCUT2D eigenvalue weighted by molar-refractivity contribution is 5.97. The van der Waals surface area contributed by atoms with Gasteiger partial charge in [0.2, 0.25) is 0 Å². The highest BCUT2D eigenvalue weighted by atomic mass is 16.5. The summed E-state index contributed by atoms with van der Waals surface area (Å²) in [5, 5.41) is 3.25. The van der Waals surface area contributed by atoms with Gasteiger partial charge in [0, 0.05) is 23.4 Å². The molecular formula is C28H31N5O5. The van der Waals surface area contributed by atoms with Crippen LogP contribution in [0, 0.1) is 0 Å². The number of anilines is 2. The van der Waals surface area contributed by atoms with E-state index in [4.69, 9.17) is 9.47 Å². The van der Waals surface area contributed by atoms with Crippen molar-refractivity contribution in [3.63, 3.8) is 0 Å². The lowest BCUT2D eigenvalue weighted by atomic mass is 9.82. The molecule has 38 heavy (non-hydrogen) atoms. The maximum Gasteiger partial charge on any atom is 0.351 e. The molecule has 1 aromatic heterocycles. The lowest BCUT2D eigenvalue weighted by molar-refractivity contribution is -0.138. The summed E-state index contributed by atoms with van der Waals surface area (Å²) in [4.78, 5) is 43.5. The molecule has 0 radical (unpaired) electrons. The van der Waals surface area contributed by atoms with Crippen LogP contribution >= 0.6 is 0 Å². The molecule has 0 spiro atoms. The van der Waals surface area contributed by atoms with Crippen molar-refractivity contribution in [2.45, 2.75) is 39.7 Å². The molecule has 1 aliphatic rings. The van der Waals surface area contributed by atoms with E-state index in [1.54, 1.807) is 42.7 Å². The third-order valence-electron chi connectivity index (χ3n) is 6.21. The number of rotatable bonds is 9. The van der Waals surface area contributed by atoms with Gasteiger partial charge < -0.3 is 14.8 Å². The number of nitrogens with one attached hydrogen (secondary N) is 3. The Morgan fingerprint density at radius 2 is 1.87 bits per heavy atom. The van der Waals surface area contributed by atoms with Crippen molar-refractivity contribution < 1.29 is 19.1 Å². The minimum absolute atomic E-state index is 0.129. The molecule has 198 valence electrons. The first-order valence-corrected chi connectivity index (χ1v) is 12.4. The molecule has 0 bridgehead atoms. The van der Waals surface area contributed by atoms with Gasteiger partial charge in [-0.2, -0.15) is 4.98 Å². The molecule has 1 unspecified atom stereocenters. The number of aromatic nitrogens is 2. The van der Waals surface area contributed by atoms with E-state index in [0.29, 0.717) is 46.9 Å². The number of hydrogen-bond donors (Lipinski definition) is 3. The molecule has 1 aliphatic heterocycles. The minimum atomic E-state index is -0.612. The van der Waals surface area contributed by atoms with Gasteiger partial charge in [-0.15, -0.1) is 0 Å². The zero-order valence-electron chi connectivity index (χ0n) is 21.8. The van der Waals surface area contributed by atoms with Crippen LogP contribution in [0.25, 0.3) is 0 Å². The number of benzene rings is 2. The highest BCUT2D eigenvalue weighted by Gasteiger charge is 2.37. The van der Waals surface area contributed by atoms with Crippen molar-refractivity contribution >= 4 is 23.5 Å². The molecule has 1 atom stereocenters. The van der Waals surface area contributed by atoms with Crippen LogP contribution in [0.4, 0.5) is 11.6 Å². The number of allylic oxidation sites excluding steroid dienone is 1. The number of carbonyl (C=O) groups is 2. The molecule has 0 saturated carbocycles. The number of amides is 1. The largest absolute Gasteiger partial charge is 0.497 e. The molecule has 0 aliphatic carbocycles. The molecule has 0 saturated heterocycles. The quantitative estimate of drug-likeness (QED) is 0.289. The first kappa shape index (κ1) is 26.5. The van der Waals surface area contributed by atoms with Gasteiger partial charge in [0.05, 0.1) is 25.2 Å². The summed E-state index contributed by atoms with van der Waals surface area (Å²) in [6, 6.07) is 16.1. The Hall–Kier alpha value is -4.60. The van der Waals surface area contributed by atoms with Crippen LogP contribution in [0.15, 0.2) is 70.7 Å². The van der Waals surface area contributed by atoms with Crippen LogP contribution in [0.1, 0.15) is 54.6 Å². The summed E-state index contributed by atoms with van der Waals surface area (Å²) in [5.41, 5.74) is 7.67. The van der Waals surface area contributed by atoms with Gasteiger partial charge >= 0.3 is 11.7 Å². The smallest absolute Gasteiger partial charge is 0.351 e. The second kappa shape index (κ2) is 11.6. The molecule has 3 N–H and O–H groups in total. The van der Waals surface area contributed by atoms with Gasteiger partial charge in [-0.1, -0.05) is 43.3 Å². The fourth-order valence-corrected chi connectivity index (χ4v) is 4.52. The fourth-order valence-electron chi connectivity index (χ4n) is 4.52. The van der Waals surface area contributed by atoms with Gasteiger partial charge in [0.25, 0.3) is 5.91 Å². The van der Waals surface area contributed by atoms with E-state index >= 15 is 0 Å². The third kappa shape index (κ3) is 5.24. The van der Waals surface area contributed by atoms with Crippen molar-refractivity contribution in [3.05, 3.63) is 93.0 Å². The number of ether oxygens (including phenoxy) is 2. The Kier molecular flexibility index (Phi) is 8.10. The summed E-state index contributed by atoms with van der Waals surface area (Å²) in [5.74, 6) is -0.373. The lowest BCUT2D eigenvalue weighted by Crippen LogP contribution is -2.37. The normalized spacial score (nSPS) is 14.3. The number of esters is 1. The number of fused-ring (bicyclic) bond motifs is 1.